The van der Waals surface area contributed by atoms with Crippen LogP contribution in [0.3, 0.4) is 0 Å². The molecule has 1 aliphatic rings. The van der Waals surface area contributed by atoms with Crippen molar-refractivity contribution in [2.24, 2.45) is 0 Å². The number of rotatable bonds is 3. The molecule has 0 atom stereocenters. The van der Waals surface area contributed by atoms with Crippen molar-refractivity contribution < 1.29 is 17.6 Å². The van der Waals surface area contributed by atoms with Gasteiger partial charge in [0, 0.05) is 4.90 Å². The lowest BCUT2D eigenvalue weighted by Crippen LogP contribution is -2.19. The average molecular weight is 338 g/mol. The Labute approximate surface area is 131 Å². The predicted octanol–water partition coefficient (Wildman–Crippen LogP) is 2.67. The lowest BCUT2D eigenvalue weighted by Gasteiger charge is -2.17. The number of carbonyl (C=O) groups excluding carboxylic acids is 1. The molecular formula is C14H11FN2O3S2. The van der Waals surface area contributed by atoms with Gasteiger partial charge in [0.05, 0.1) is 22.0 Å². The Morgan fingerprint density at radius 3 is 2.59 bits per heavy atom. The zero-order valence-corrected chi connectivity index (χ0v) is 12.8. The number of hydrogen-bond donors (Lipinski definition) is 2. The highest BCUT2D eigenvalue weighted by Crippen LogP contribution is 2.33. The molecule has 1 heterocycles. The van der Waals surface area contributed by atoms with E-state index in [2.05, 4.69) is 10.0 Å². The number of halogens is 1. The summed E-state index contributed by atoms with van der Waals surface area (Å²) in [5, 5.41) is 2.69. The second kappa shape index (κ2) is 5.62. The highest BCUT2D eigenvalue weighted by atomic mass is 32.2. The van der Waals surface area contributed by atoms with Crippen LogP contribution in [0.4, 0.5) is 15.8 Å². The largest absolute Gasteiger partial charge is 0.324 e. The number of nitrogens with one attached hydrogen (secondary N) is 2. The Bertz CT molecular complexity index is 836. The maximum Gasteiger partial charge on any atom is 0.261 e. The zero-order valence-electron chi connectivity index (χ0n) is 11.2. The summed E-state index contributed by atoms with van der Waals surface area (Å²) in [6.07, 6.45) is 0. The molecular weight excluding hydrogens is 327 g/mol. The Hall–Kier alpha value is -2.06. The molecule has 0 saturated carbocycles. The number of sulfonamides is 1. The summed E-state index contributed by atoms with van der Waals surface area (Å²) in [5.74, 6) is -0.295. The van der Waals surface area contributed by atoms with Crippen molar-refractivity contribution in [2.75, 3.05) is 15.8 Å². The van der Waals surface area contributed by atoms with E-state index in [-0.39, 0.29) is 10.8 Å². The van der Waals surface area contributed by atoms with E-state index in [0.29, 0.717) is 17.1 Å². The molecule has 2 N–H and O–H groups in total. The molecule has 0 saturated heterocycles. The Kier molecular flexibility index (Phi) is 3.79. The summed E-state index contributed by atoms with van der Waals surface area (Å²) in [4.78, 5) is 12.2. The third kappa shape index (κ3) is 3.07. The third-order valence-corrected chi connectivity index (χ3v) is 5.46. The maximum atomic E-state index is 12.9. The van der Waals surface area contributed by atoms with E-state index in [4.69, 9.17) is 0 Å². The Morgan fingerprint density at radius 1 is 1.14 bits per heavy atom. The molecule has 2 aromatic rings. The van der Waals surface area contributed by atoms with E-state index in [9.17, 15) is 17.6 Å². The van der Waals surface area contributed by atoms with Crippen LogP contribution in [0.25, 0.3) is 0 Å². The van der Waals surface area contributed by atoms with Gasteiger partial charge in [0.25, 0.3) is 10.0 Å². The summed E-state index contributed by atoms with van der Waals surface area (Å²) >= 11 is 1.39. The molecule has 0 aliphatic carbocycles. The van der Waals surface area contributed by atoms with Gasteiger partial charge in [0.2, 0.25) is 5.91 Å². The molecule has 1 aliphatic heterocycles. The standard InChI is InChI=1S/C14H11FN2O3S2/c15-9-1-4-11(5-2-9)22(19,20)17-10-3-6-13-12(7-10)16-14(18)8-21-13/h1-7,17H,8H2,(H,16,18). The van der Waals surface area contributed by atoms with E-state index in [1.807, 2.05) is 0 Å². The van der Waals surface area contributed by atoms with Crippen molar-refractivity contribution in [3.63, 3.8) is 0 Å². The van der Waals surface area contributed by atoms with Crippen LogP contribution in [0.5, 0.6) is 0 Å². The summed E-state index contributed by atoms with van der Waals surface area (Å²) in [7, 11) is -3.81. The van der Waals surface area contributed by atoms with Crippen molar-refractivity contribution in [3.05, 3.63) is 48.3 Å². The van der Waals surface area contributed by atoms with Gasteiger partial charge in [-0.25, -0.2) is 12.8 Å². The first kappa shape index (κ1) is 14.9. The van der Waals surface area contributed by atoms with Crippen molar-refractivity contribution in [2.45, 2.75) is 9.79 Å². The SMILES string of the molecule is O=C1CSc2ccc(NS(=O)(=O)c3ccc(F)cc3)cc2N1. The Morgan fingerprint density at radius 2 is 1.86 bits per heavy atom. The molecule has 2 aromatic carbocycles. The number of anilines is 2. The van der Waals surface area contributed by atoms with Crippen LogP contribution in [0.2, 0.25) is 0 Å². The first-order valence-corrected chi connectivity index (χ1v) is 8.76. The van der Waals surface area contributed by atoms with Crippen LogP contribution in [0.1, 0.15) is 0 Å². The fourth-order valence-electron chi connectivity index (χ4n) is 1.97. The van der Waals surface area contributed by atoms with Crippen LogP contribution in [-0.4, -0.2) is 20.1 Å². The molecule has 22 heavy (non-hydrogen) atoms. The van der Waals surface area contributed by atoms with Gasteiger partial charge in [0.15, 0.2) is 0 Å². The molecule has 114 valence electrons. The second-order valence-electron chi connectivity index (χ2n) is 4.61. The van der Waals surface area contributed by atoms with Crippen LogP contribution < -0.4 is 10.0 Å². The van der Waals surface area contributed by atoms with E-state index in [0.717, 1.165) is 17.0 Å². The third-order valence-electron chi connectivity index (χ3n) is 2.99. The molecule has 0 bridgehead atoms. The molecule has 8 heteroatoms. The molecule has 3 rings (SSSR count). The van der Waals surface area contributed by atoms with Crippen molar-refractivity contribution >= 4 is 39.1 Å². The van der Waals surface area contributed by atoms with Crippen LogP contribution in [-0.2, 0) is 14.8 Å². The van der Waals surface area contributed by atoms with Gasteiger partial charge in [-0.3, -0.25) is 9.52 Å². The van der Waals surface area contributed by atoms with Gasteiger partial charge < -0.3 is 5.32 Å². The summed E-state index contributed by atoms with van der Waals surface area (Å²) in [6, 6.07) is 9.45. The van der Waals surface area contributed by atoms with Gasteiger partial charge in [-0.2, -0.15) is 0 Å². The molecule has 1 amide bonds. The number of amides is 1. The smallest absolute Gasteiger partial charge is 0.261 e. The van der Waals surface area contributed by atoms with Crippen molar-refractivity contribution in [1.29, 1.82) is 0 Å². The predicted molar refractivity (Wildman–Crippen MR) is 83.0 cm³/mol. The van der Waals surface area contributed by atoms with Gasteiger partial charge in [-0.05, 0) is 42.5 Å². The van der Waals surface area contributed by atoms with Gasteiger partial charge in [-0.1, -0.05) is 0 Å². The fraction of sp³-hybridized carbons (Fsp3) is 0.0714. The maximum absolute atomic E-state index is 12.9. The van der Waals surface area contributed by atoms with Crippen LogP contribution in [0, 0.1) is 5.82 Å². The van der Waals surface area contributed by atoms with Gasteiger partial charge in [-0.15, -0.1) is 11.8 Å². The quantitative estimate of drug-likeness (QED) is 0.902. The van der Waals surface area contributed by atoms with Crippen molar-refractivity contribution in [3.8, 4) is 0 Å². The lowest BCUT2D eigenvalue weighted by atomic mass is 10.3. The Balaban J connectivity index is 1.88. The van der Waals surface area contributed by atoms with Crippen molar-refractivity contribution in [1.82, 2.24) is 0 Å². The minimum atomic E-state index is -3.81. The number of thioether (sulfide) groups is 1. The molecule has 0 unspecified atom stereocenters. The zero-order chi connectivity index (χ0) is 15.7. The number of fused-ring (bicyclic) bond motifs is 1. The van der Waals surface area contributed by atoms with E-state index in [1.54, 1.807) is 18.2 Å². The minimum absolute atomic E-state index is 0.0370. The van der Waals surface area contributed by atoms with Crippen LogP contribution >= 0.6 is 11.8 Å². The molecule has 0 radical (unpaired) electrons. The van der Waals surface area contributed by atoms with E-state index >= 15 is 0 Å². The molecule has 0 aromatic heterocycles. The number of benzene rings is 2. The van der Waals surface area contributed by atoms with Gasteiger partial charge >= 0.3 is 0 Å². The first-order valence-electron chi connectivity index (χ1n) is 6.29. The molecule has 0 spiro atoms. The number of carbonyl (C=O) groups is 1. The minimum Gasteiger partial charge on any atom is -0.324 e. The monoisotopic (exact) mass is 338 g/mol. The average Bonchev–Trinajstić information content (AvgIpc) is 2.47. The molecule has 0 fully saturated rings. The second-order valence-corrected chi connectivity index (χ2v) is 7.31. The van der Waals surface area contributed by atoms with E-state index in [1.165, 1.54) is 23.9 Å². The summed E-state index contributed by atoms with van der Waals surface area (Å²) in [5.41, 5.74) is 0.895. The number of hydrogen-bond acceptors (Lipinski definition) is 4. The van der Waals surface area contributed by atoms with Crippen LogP contribution in [0.15, 0.2) is 52.3 Å². The lowest BCUT2D eigenvalue weighted by molar-refractivity contribution is -0.113. The molecule has 5 nitrogen and oxygen atoms in total. The summed E-state index contributed by atoms with van der Waals surface area (Å²) < 4.78 is 39.7. The van der Waals surface area contributed by atoms with Gasteiger partial charge in [0.1, 0.15) is 5.82 Å². The fourth-order valence-corrected chi connectivity index (χ4v) is 3.81. The topological polar surface area (TPSA) is 75.3 Å². The highest BCUT2D eigenvalue weighted by Gasteiger charge is 2.18. The van der Waals surface area contributed by atoms with E-state index < -0.39 is 15.8 Å². The highest BCUT2D eigenvalue weighted by molar-refractivity contribution is 8.00. The normalized spacial score (nSPS) is 14.1. The first-order chi connectivity index (χ1) is 10.4. The summed E-state index contributed by atoms with van der Waals surface area (Å²) in [6.45, 7) is 0.